The molecule has 4 atom stereocenters. The fraction of sp³-hybridized carbons (Fsp3) is 0.407. The van der Waals surface area contributed by atoms with Gasteiger partial charge >= 0.3 is 0 Å². The Labute approximate surface area is 213 Å². The first-order valence-electron chi connectivity index (χ1n) is 12.1. The number of benzene rings is 1. The Balaban J connectivity index is 1.32. The molecule has 0 radical (unpaired) electrons. The van der Waals surface area contributed by atoms with E-state index in [1.165, 1.54) is 11.1 Å². The first kappa shape index (κ1) is 23.7. The number of nitrogens with one attached hydrogen (secondary N) is 2. The lowest BCUT2D eigenvalue weighted by Gasteiger charge is -2.62. The summed E-state index contributed by atoms with van der Waals surface area (Å²) in [4.78, 5) is 29.9. The average molecular weight is 536 g/mol. The SMILES string of the molecule is C[C@H]1[C@H](Nc2cnn(-c3cccc(C(=O)NCc4ccncc4)c3)c(=O)c2Br)C[C@H]2C[C@@H]1C2(C)C. The van der Waals surface area contributed by atoms with E-state index in [9.17, 15) is 9.59 Å². The van der Waals surface area contributed by atoms with Gasteiger partial charge in [0.05, 0.1) is 17.6 Å². The van der Waals surface area contributed by atoms with Gasteiger partial charge in [-0.3, -0.25) is 14.6 Å². The van der Waals surface area contributed by atoms with Crippen molar-refractivity contribution in [3.05, 3.63) is 80.9 Å². The highest BCUT2D eigenvalue weighted by Gasteiger charge is 2.56. The van der Waals surface area contributed by atoms with Gasteiger partial charge in [-0.1, -0.05) is 26.8 Å². The maximum absolute atomic E-state index is 13.2. The second kappa shape index (κ2) is 9.22. The monoisotopic (exact) mass is 535 g/mol. The van der Waals surface area contributed by atoms with Gasteiger partial charge in [-0.2, -0.15) is 9.78 Å². The van der Waals surface area contributed by atoms with Gasteiger partial charge < -0.3 is 10.6 Å². The highest BCUT2D eigenvalue weighted by molar-refractivity contribution is 9.10. The lowest BCUT2D eigenvalue weighted by Crippen LogP contribution is -2.58. The molecule has 3 aliphatic carbocycles. The third kappa shape index (κ3) is 4.40. The maximum atomic E-state index is 13.2. The van der Waals surface area contributed by atoms with E-state index in [2.05, 4.69) is 57.4 Å². The minimum absolute atomic E-state index is 0.221. The molecule has 2 bridgehead atoms. The summed E-state index contributed by atoms with van der Waals surface area (Å²) in [5.74, 6) is 1.74. The molecular weight excluding hydrogens is 506 g/mol. The first-order valence-corrected chi connectivity index (χ1v) is 12.9. The van der Waals surface area contributed by atoms with E-state index in [0.717, 1.165) is 17.9 Å². The van der Waals surface area contributed by atoms with Crippen LogP contribution in [0.5, 0.6) is 0 Å². The zero-order chi connectivity index (χ0) is 24.7. The molecule has 1 amide bonds. The summed E-state index contributed by atoms with van der Waals surface area (Å²) in [5, 5.41) is 10.9. The van der Waals surface area contributed by atoms with Crippen molar-refractivity contribution in [2.24, 2.45) is 23.2 Å². The summed E-state index contributed by atoms with van der Waals surface area (Å²) < 4.78 is 1.77. The van der Waals surface area contributed by atoms with Gasteiger partial charge in [0, 0.05) is 30.5 Å². The summed E-state index contributed by atoms with van der Waals surface area (Å²) in [6, 6.07) is 11.0. The molecule has 0 unspecified atom stereocenters. The molecule has 0 saturated heterocycles. The predicted molar refractivity (Wildman–Crippen MR) is 140 cm³/mol. The molecule has 6 rings (SSSR count). The summed E-state index contributed by atoms with van der Waals surface area (Å²) in [7, 11) is 0. The second-order valence-corrected chi connectivity index (χ2v) is 11.2. The van der Waals surface area contributed by atoms with E-state index in [1.54, 1.807) is 42.9 Å². The van der Waals surface area contributed by atoms with E-state index < -0.39 is 0 Å². The smallest absolute Gasteiger partial charge is 0.287 e. The number of anilines is 1. The fourth-order valence-electron chi connectivity index (χ4n) is 5.82. The van der Waals surface area contributed by atoms with Crippen molar-refractivity contribution < 1.29 is 4.79 Å². The molecule has 0 spiro atoms. The standard InChI is InChI=1S/C27H30BrN5O2/c1-16-21-12-19(27(21,2)3)13-22(16)32-23-15-31-33(26(35)24(23)28)20-6-4-5-18(11-20)25(34)30-14-17-7-9-29-10-8-17/h4-11,15-16,19,21-22,32H,12-14H2,1-3H3,(H,30,34)/t16-,19-,21+,22-/m1/s1. The van der Waals surface area contributed by atoms with Gasteiger partial charge in [-0.15, -0.1) is 0 Å². The summed E-state index contributed by atoms with van der Waals surface area (Å²) in [6.45, 7) is 7.47. The Morgan fingerprint density at radius 3 is 2.69 bits per heavy atom. The van der Waals surface area contributed by atoms with Crippen LogP contribution in [0.3, 0.4) is 0 Å². The van der Waals surface area contributed by atoms with E-state index in [1.807, 2.05) is 12.1 Å². The number of rotatable bonds is 6. The molecule has 2 N–H and O–H groups in total. The number of carbonyl (C=O) groups is 1. The van der Waals surface area contributed by atoms with E-state index in [4.69, 9.17) is 0 Å². The highest BCUT2D eigenvalue weighted by Crippen LogP contribution is 2.61. The van der Waals surface area contributed by atoms with Gasteiger partial charge in [0.15, 0.2) is 0 Å². The number of hydrogen-bond acceptors (Lipinski definition) is 5. The van der Waals surface area contributed by atoms with E-state index in [0.29, 0.717) is 51.2 Å². The highest BCUT2D eigenvalue weighted by atomic mass is 79.9. The number of amides is 1. The van der Waals surface area contributed by atoms with Crippen molar-refractivity contribution in [2.45, 2.75) is 46.2 Å². The molecule has 8 heteroatoms. The Bertz CT molecular complexity index is 1310. The van der Waals surface area contributed by atoms with Crippen LogP contribution in [0.1, 0.15) is 49.5 Å². The quantitative estimate of drug-likeness (QED) is 0.473. The molecule has 3 aliphatic rings. The van der Waals surface area contributed by atoms with E-state index >= 15 is 0 Å². The van der Waals surface area contributed by atoms with Crippen LogP contribution in [-0.2, 0) is 6.54 Å². The van der Waals surface area contributed by atoms with Crippen LogP contribution in [0.4, 0.5) is 5.69 Å². The number of nitrogens with zero attached hydrogens (tertiary/aromatic N) is 3. The number of hydrogen-bond donors (Lipinski definition) is 2. The topological polar surface area (TPSA) is 88.9 Å². The molecule has 2 heterocycles. The Kier molecular flexibility index (Phi) is 6.25. The molecule has 182 valence electrons. The van der Waals surface area contributed by atoms with Crippen molar-refractivity contribution in [2.75, 3.05) is 5.32 Å². The van der Waals surface area contributed by atoms with Crippen LogP contribution in [0.25, 0.3) is 5.69 Å². The maximum Gasteiger partial charge on any atom is 0.287 e. The zero-order valence-corrected chi connectivity index (χ0v) is 21.7. The molecule has 0 aliphatic heterocycles. The summed E-state index contributed by atoms with van der Waals surface area (Å²) >= 11 is 3.50. The number of halogens is 1. The number of fused-ring (bicyclic) bond motifs is 2. The van der Waals surface area contributed by atoms with Crippen LogP contribution in [0, 0.1) is 23.2 Å². The van der Waals surface area contributed by atoms with Crippen LogP contribution < -0.4 is 16.2 Å². The molecule has 3 aromatic rings. The Morgan fingerprint density at radius 2 is 1.97 bits per heavy atom. The molecule has 1 aromatic carbocycles. The number of pyridine rings is 1. The molecule has 3 saturated carbocycles. The van der Waals surface area contributed by atoms with Crippen LogP contribution in [0.2, 0.25) is 0 Å². The minimum atomic E-state index is -0.265. The third-order valence-electron chi connectivity index (χ3n) is 8.17. The average Bonchev–Trinajstić information content (AvgIpc) is 2.86. The van der Waals surface area contributed by atoms with Crippen LogP contribution in [-0.4, -0.2) is 26.7 Å². The lowest BCUT2D eigenvalue weighted by atomic mass is 9.45. The fourth-order valence-corrected chi connectivity index (χ4v) is 6.21. The molecular formula is C27H30BrN5O2. The zero-order valence-electron chi connectivity index (χ0n) is 20.2. The molecule has 35 heavy (non-hydrogen) atoms. The molecule has 2 aromatic heterocycles. The van der Waals surface area contributed by atoms with Gasteiger partial charge in [0.2, 0.25) is 0 Å². The van der Waals surface area contributed by atoms with Crippen molar-refractivity contribution in [1.29, 1.82) is 0 Å². The van der Waals surface area contributed by atoms with Gasteiger partial charge in [0.25, 0.3) is 11.5 Å². The number of carbonyl (C=O) groups excluding carboxylic acids is 1. The predicted octanol–water partition coefficient (Wildman–Crippen LogP) is 4.80. The molecule has 7 nitrogen and oxygen atoms in total. The Morgan fingerprint density at radius 1 is 1.20 bits per heavy atom. The lowest BCUT2D eigenvalue weighted by molar-refractivity contribution is -0.105. The van der Waals surface area contributed by atoms with Gasteiger partial charge in [0.1, 0.15) is 4.47 Å². The normalized spacial score (nSPS) is 24.3. The largest absolute Gasteiger partial charge is 0.380 e. The summed E-state index contributed by atoms with van der Waals surface area (Å²) in [5.41, 5.74) is 2.81. The van der Waals surface area contributed by atoms with Crippen LogP contribution in [0.15, 0.2) is 64.3 Å². The third-order valence-corrected chi connectivity index (χ3v) is 8.94. The minimum Gasteiger partial charge on any atom is -0.380 e. The Hall–Kier alpha value is -3.00. The van der Waals surface area contributed by atoms with Crippen molar-refractivity contribution in [1.82, 2.24) is 20.1 Å². The summed E-state index contributed by atoms with van der Waals surface area (Å²) in [6.07, 6.45) is 7.49. The van der Waals surface area contributed by atoms with Crippen LogP contribution >= 0.6 is 15.9 Å². The van der Waals surface area contributed by atoms with Crippen molar-refractivity contribution in [3.8, 4) is 5.69 Å². The van der Waals surface area contributed by atoms with Gasteiger partial charge in [-0.05, 0) is 87.8 Å². The van der Waals surface area contributed by atoms with Gasteiger partial charge in [-0.25, -0.2) is 0 Å². The van der Waals surface area contributed by atoms with Crippen molar-refractivity contribution >= 4 is 27.5 Å². The first-order chi connectivity index (χ1) is 16.8. The second-order valence-electron chi connectivity index (χ2n) is 10.4. The molecule has 3 fully saturated rings. The van der Waals surface area contributed by atoms with E-state index in [-0.39, 0.29) is 11.5 Å². The van der Waals surface area contributed by atoms with Crippen molar-refractivity contribution in [3.63, 3.8) is 0 Å². The number of aromatic nitrogens is 3.